The van der Waals surface area contributed by atoms with E-state index in [0.29, 0.717) is 21.8 Å². The second-order valence-corrected chi connectivity index (χ2v) is 10.1. The van der Waals surface area contributed by atoms with Crippen molar-refractivity contribution in [1.29, 1.82) is 0 Å². The molecule has 0 radical (unpaired) electrons. The van der Waals surface area contributed by atoms with Gasteiger partial charge in [0.25, 0.3) is 0 Å². The first-order valence-electron chi connectivity index (χ1n) is 13.2. The Kier molecular flexibility index (Phi) is 11.6. The lowest BCUT2D eigenvalue weighted by molar-refractivity contribution is -0.217. The molecule has 0 aliphatic heterocycles. The minimum atomic E-state index is -4.48. The minimum absolute atomic E-state index is 0.313. The van der Waals surface area contributed by atoms with Gasteiger partial charge in [0.05, 0.1) is 23.7 Å². The summed E-state index contributed by atoms with van der Waals surface area (Å²) in [7, 11) is 0. The predicted molar refractivity (Wildman–Crippen MR) is 144 cm³/mol. The van der Waals surface area contributed by atoms with E-state index in [4.69, 9.17) is 27.2 Å². The first-order chi connectivity index (χ1) is 18.2. The number of aromatic nitrogens is 2. The number of ether oxygens (including phenoxy) is 1. The van der Waals surface area contributed by atoms with E-state index in [0.717, 1.165) is 57.0 Å². The molecule has 208 valence electrons. The van der Waals surface area contributed by atoms with Gasteiger partial charge in [-0.1, -0.05) is 50.1 Å². The fourth-order valence-electron chi connectivity index (χ4n) is 4.25. The zero-order valence-corrected chi connectivity index (χ0v) is 22.5. The second-order valence-electron chi connectivity index (χ2n) is 9.62. The number of benzene rings is 2. The first-order valence-corrected chi connectivity index (χ1v) is 13.6. The summed E-state index contributed by atoms with van der Waals surface area (Å²) in [6.07, 6.45) is 3.51. The number of hydrogen-bond donors (Lipinski definition) is 1. The van der Waals surface area contributed by atoms with Gasteiger partial charge in [0, 0.05) is 10.6 Å². The standard InChI is InChI=1S/C29H36ClF4N3O/c1-21(29(32,33)34)38-20-22-16-23(18-25(31)17-22)28-19-26(10-8-6-4-2-3-5-7-9-15-35)36-37(28)27-13-11-24(30)12-14-27/h11-14,16-19,21H,2-10,15,20,35H2,1H3/t21-/m1/s1. The predicted octanol–water partition coefficient (Wildman–Crippen LogP) is 8.42. The Morgan fingerprint density at radius 2 is 1.55 bits per heavy atom. The first kappa shape index (κ1) is 30.1. The van der Waals surface area contributed by atoms with Crippen molar-refractivity contribution in [1.82, 2.24) is 9.78 Å². The minimum Gasteiger partial charge on any atom is -0.364 e. The Morgan fingerprint density at radius 1 is 0.921 bits per heavy atom. The van der Waals surface area contributed by atoms with Crippen LogP contribution in [0.25, 0.3) is 16.9 Å². The lowest BCUT2D eigenvalue weighted by atomic mass is 10.0. The monoisotopic (exact) mass is 553 g/mol. The second kappa shape index (κ2) is 14.7. The van der Waals surface area contributed by atoms with E-state index in [1.165, 1.54) is 37.8 Å². The SMILES string of the molecule is C[C@@H](OCc1cc(F)cc(-c2cc(CCCCCCCCCCN)nn2-c2ccc(Cl)cc2)c1)C(F)(F)F. The summed E-state index contributed by atoms with van der Waals surface area (Å²) in [5.41, 5.74) is 8.62. The summed E-state index contributed by atoms with van der Waals surface area (Å²) in [5, 5.41) is 5.36. The van der Waals surface area contributed by atoms with Crippen LogP contribution in [0.3, 0.4) is 0 Å². The van der Waals surface area contributed by atoms with Gasteiger partial charge in [0.15, 0.2) is 6.10 Å². The number of rotatable bonds is 15. The van der Waals surface area contributed by atoms with Gasteiger partial charge in [-0.05, 0) is 86.8 Å². The zero-order chi connectivity index (χ0) is 27.5. The van der Waals surface area contributed by atoms with Crippen LogP contribution in [0.1, 0.15) is 69.5 Å². The molecule has 3 rings (SSSR count). The Bertz CT molecular complexity index is 1130. The molecule has 4 nitrogen and oxygen atoms in total. The highest BCUT2D eigenvalue weighted by Crippen LogP contribution is 2.29. The third kappa shape index (κ3) is 9.40. The molecular weight excluding hydrogens is 518 g/mol. The van der Waals surface area contributed by atoms with Gasteiger partial charge in [0.1, 0.15) is 5.82 Å². The molecule has 2 aromatic carbocycles. The maximum Gasteiger partial charge on any atom is 0.414 e. The third-order valence-electron chi connectivity index (χ3n) is 6.43. The molecule has 1 aromatic heterocycles. The summed E-state index contributed by atoms with van der Waals surface area (Å²) in [6.45, 7) is 1.33. The smallest absolute Gasteiger partial charge is 0.364 e. The van der Waals surface area contributed by atoms with Crippen molar-refractivity contribution in [2.45, 2.75) is 83.6 Å². The number of alkyl halides is 3. The molecule has 38 heavy (non-hydrogen) atoms. The van der Waals surface area contributed by atoms with Crippen LogP contribution < -0.4 is 5.73 Å². The molecule has 0 unspecified atom stereocenters. The van der Waals surface area contributed by atoms with Crippen LogP contribution in [0, 0.1) is 5.82 Å². The lowest BCUT2D eigenvalue weighted by Crippen LogP contribution is -2.28. The van der Waals surface area contributed by atoms with E-state index in [1.807, 2.05) is 18.2 Å². The number of halogens is 5. The molecule has 0 saturated heterocycles. The average molecular weight is 554 g/mol. The highest BCUT2D eigenvalue weighted by molar-refractivity contribution is 6.30. The maximum absolute atomic E-state index is 14.6. The van der Waals surface area contributed by atoms with Crippen LogP contribution in [-0.2, 0) is 17.8 Å². The summed E-state index contributed by atoms with van der Waals surface area (Å²) in [4.78, 5) is 0. The van der Waals surface area contributed by atoms with Crippen molar-refractivity contribution < 1.29 is 22.3 Å². The highest BCUT2D eigenvalue weighted by atomic mass is 35.5. The Hall–Kier alpha value is -2.42. The number of hydrogen-bond acceptors (Lipinski definition) is 3. The topological polar surface area (TPSA) is 53.1 Å². The molecule has 2 N–H and O–H groups in total. The normalized spacial score (nSPS) is 12.7. The average Bonchev–Trinajstić information content (AvgIpc) is 3.30. The van der Waals surface area contributed by atoms with E-state index in [2.05, 4.69) is 0 Å². The fraction of sp³-hybridized carbons (Fsp3) is 0.483. The maximum atomic E-state index is 14.6. The Labute approximate surface area is 227 Å². The summed E-state index contributed by atoms with van der Waals surface area (Å²) in [6, 6.07) is 13.2. The lowest BCUT2D eigenvalue weighted by Gasteiger charge is -2.17. The van der Waals surface area contributed by atoms with Gasteiger partial charge in [-0.3, -0.25) is 0 Å². The summed E-state index contributed by atoms with van der Waals surface area (Å²) < 4.78 is 59.8. The number of nitrogens with two attached hydrogens (primary N) is 1. The van der Waals surface area contributed by atoms with Crippen LogP contribution in [0.15, 0.2) is 48.5 Å². The fourth-order valence-corrected chi connectivity index (χ4v) is 4.37. The number of unbranched alkanes of at least 4 members (excludes halogenated alkanes) is 7. The van der Waals surface area contributed by atoms with Crippen molar-refractivity contribution >= 4 is 11.6 Å². The van der Waals surface area contributed by atoms with Crippen molar-refractivity contribution in [3.8, 4) is 16.9 Å². The van der Waals surface area contributed by atoms with Crippen LogP contribution >= 0.6 is 11.6 Å². The quantitative estimate of drug-likeness (QED) is 0.152. The van der Waals surface area contributed by atoms with E-state index in [1.54, 1.807) is 22.9 Å². The Morgan fingerprint density at radius 3 is 2.18 bits per heavy atom. The summed E-state index contributed by atoms with van der Waals surface area (Å²) >= 11 is 6.06. The van der Waals surface area contributed by atoms with Gasteiger partial charge in [-0.25, -0.2) is 9.07 Å². The van der Waals surface area contributed by atoms with E-state index in [-0.39, 0.29) is 6.61 Å². The van der Waals surface area contributed by atoms with E-state index < -0.39 is 18.1 Å². The van der Waals surface area contributed by atoms with E-state index >= 15 is 0 Å². The number of aryl methyl sites for hydroxylation is 1. The molecule has 3 aromatic rings. The van der Waals surface area contributed by atoms with Crippen LogP contribution in [-0.4, -0.2) is 28.6 Å². The van der Waals surface area contributed by atoms with Crippen LogP contribution in [0.5, 0.6) is 0 Å². The molecule has 0 aliphatic carbocycles. The van der Waals surface area contributed by atoms with Crippen LogP contribution in [0.2, 0.25) is 5.02 Å². The molecule has 0 saturated carbocycles. The van der Waals surface area contributed by atoms with Crippen molar-refractivity contribution in [2.24, 2.45) is 5.73 Å². The van der Waals surface area contributed by atoms with Crippen molar-refractivity contribution in [3.05, 3.63) is 70.6 Å². The van der Waals surface area contributed by atoms with Gasteiger partial charge in [-0.2, -0.15) is 18.3 Å². The third-order valence-corrected chi connectivity index (χ3v) is 6.68. The Balaban J connectivity index is 1.74. The largest absolute Gasteiger partial charge is 0.414 e. The van der Waals surface area contributed by atoms with Crippen molar-refractivity contribution in [3.63, 3.8) is 0 Å². The molecule has 0 fully saturated rings. The molecule has 9 heteroatoms. The summed E-state index contributed by atoms with van der Waals surface area (Å²) in [5.74, 6) is -0.558. The molecular formula is C29H36ClF4N3O. The molecule has 0 aliphatic rings. The van der Waals surface area contributed by atoms with Crippen molar-refractivity contribution in [2.75, 3.05) is 6.54 Å². The van der Waals surface area contributed by atoms with Gasteiger partial charge in [-0.15, -0.1) is 0 Å². The molecule has 0 amide bonds. The zero-order valence-electron chi connectivity index (χ0n) is 21.7. The molecule has 1 atom stereocenters. The molecule has 0 bridgehead atoms. The highest BCUT2D eigenvalue weighted by Gasteiger charge is 2.36. The van der Waals surface area contributed by atoms with E-state index in [9.17, 15) is 17.6 Å². The van der Waals surface area contributed by atoms with Gasteiger partial charge in [0.2, 0.25) is 0 Å². The van der Waals surface area contributed by atoms with Gasteiger partial charge < -0.3 is 10.5 Å². The van der Waals surface area contributed by atoms with Crippen LogP contribution in [0.4, 0.5) is 17.6 Å². The van der Waals surface area contributed by atoms with Gasteiger partial charge >= 0.3 is 6.18 Å². The number of nitrogens with zero attached hydrogens (tertiary/aromatic N) is 2. The molecule has 0 spiro atoms. The molecule has 1 heterocycles.